The second kappa shape index (κ2) is 11.5. The number of aryl methyl sites for hydroxylation is 1. The number of carbonyl (C=O) groups excluding carboxylic acids is 2. The van der Waals surface area contributed by atoms with Gasteiger partial charge in [-0.15, -0.1) is 11.8 Å². The highest BCUT2D eigenvalue weighted by Crippen LogP contribution is 2.25. The molecule has 0 aliphatic carbocycles. The van der Waals surface area contributed by atoms with Gasteiger partial charge in [0.2, 0.25) is 11.8 Å². The Bertz CT molecular complexity index is 843. The molecule has 0 aliphatic rings. The maximum Gasteiger partial charge on any atom is 0.242 e. The van der Waals surface area contributed by atoms with Crippen LogP contribution in [-0.4, -0.2) is 35.1 Å². The van der Waals surface area contributed by atoms with E-state index >= 15 is 0 Å². The Morgan fingerprint density at radius 1 is 1.10 bits per heavy atom. The molecule has 7 heteroatoms. The summed E-state index contributed by atoms with van der Waals surface area (Å²) in [5.41, 5.74) is 1.99. The Labute approximate surface area is 187 Å². The molecule has 2 aromatic carbocycles. The van der Waals surface area contributed by atoms with Crippen molar-refractivity contribution in [2.24, 2.45) is 0 Å². The van der Waals surface area contributed by atoms with Crippen LogP contribution in [0, 0.1) is 6.92 Å². The zero-order chi connectivity index (χ0) is 21.4. The third kappa shape index (κ3) is 7.25. The molecule has 0 aliphatic heterocycles. The molecule has 0 bridgehead atoms. The number of nitrogens with one attached hydrogen (secondary N) is 1. The average Bonchev–Trinajstić information content (AvgIpc) is 2.71. The highest BCUT2D eigenvalue weighted by Gasteiger charge is 2.26. The second-order valence-electron chi connectivity index (χ2n) is 6.84. The standard InChI is InChI=1S/C22H26Cl2N2O2S/c1-4-11-25-22(28)16(3)26(13-17-7-10-19(23)20(24)12-17)21(27)14-29-18-8-5-15(2)6-9-18/h5-10,12,16H,4,11,13-14H2,1-3H3,(H,25,28). The van der Waals surface area contributed by atoms with Gasteiger partial charge in [0.15, 0.2) is 0 Å². The predicted molar refractivity (Wildman–Crippen MR) is 122 cm³/mol. The van der Waals surface area contributed by atoms with Gasteiger partial charge in [0.25, 0.3) is 0 Å². The number of carbonyl (C=O) groups is 2. The van der Waals surface area contributed by atoms with Crippen LogP contribution in [0.3, 0.4) is 0 Å². The van der Waals surface area contributed by atoms with Gasteiger partial charge in [-0.05, 0) is 50.1 Å². The summed E-state index contributed by atoms with van der Waals surface area (Å²) in [6.45, 7) is 6.62. The Balaban J connectivity index is 2.15. The average molecular weight is 453 g/mol. The lowest BCUT2D eigenvalue weighted by molar-refractivity contribution is -0.138. The molecule has 4 nitrogen and oxygen atoms in total. The smallest absolute Gasteiger partial charge is 0.242 e. The lowest BCUT2D eigenvalue weighted by atomic mass is 10.1. The third-order valence-electron chi connectivity index (χ3n) is 4.44. The summed E-state index contributed by atoms with van der Waals surface area (Å²) in [6.07, 6.45) is 0.836. The van der Waals surface area contributed by atoms with Crippen molar-refractivity contribution >= 4 is 46.8 Å². The normalized spacial score (nSPS) is 11.8. The summed E-state index contributed by atoms with van der Waals surface area (Å²) in [7, 11) is 0. The van der Waals surface area contributed by atoms with Gasteiger partial charge >= 0.3 is 0 Å². The largest absolute Gasteiger partial charge is 0.354 e. The molecule has 1 atom stereocenters. The number of rotatable bonds is 9. The van der Waals surface area contributed by atoms with Crippen LogP contribution in [0.5, 0.6) is 0 Å². The topological polar surface area (TPSA) is 49.4 Å². The van der Waals surface area contributed by atoms with Crippen LogP contribution in [0.1, 0.15) is 31.4 Å². The van der Waals surface area contributed by atoms with Crippen LogP contribution < -0.4 is 5.32 Å². The quantitative estimate of drug-likeness (QED) is 0.522. The zero-order valence-electron chi connectivity index (χ0n) is 16.9. The van der Waals surface area contributed by atoms with Crippen LogP contribution in [0.4, 0.5) is 0 Å². The summed E-state index contributed by atoms with van der Waals surface area (Å²) in [5.74, 6) is -0.0307. The van der Waals surface area contributed by atoms with E-state index in [9.17, 15) is 9.59 Å². The molecule has 0 radical (unpaired) electrons. The highest BCUT2D eigenvalue weighted by molar-refractivity contribution is 8.00. The van der Waals surface area contributed by atoms with Gasteiger partial charge in [0.05, 0.1) is 15.8 Å². The van der Waals surface area contributed by atoms with E-state index < -0.39 is 6.04 Å². The summed E-state index contributed by atoms with van der Waals surface area (Å²) in [6, 6.07) is 12.7. The molecule has 0 spiro atoms. The molecule has 2 aromatic rings. The van der Waals surface area contributed by atoms with Crippen LogP contribution in [0.15, 0.2) is 47.4 Å². The molecular weight excluding hydrogens is 427 g/mol. The molecule has 156 valence electrons. The van der Waals surface area contributed by atoms with E-state index in [2.05, 4.69) is 5.32 Å². The molecule has 29 heavy (non-hydrogen) atoms. The summed E-state index contributed by atoms with van der Waals surface area (Å²) < 4.78 is 0. The molecule has 0 heterocycles. The number of nitrogens with zero attached hydrogens (tertiary/aromatic N) is 1. The molecule has 0 saturated heterocycles. The minimum atomic E-state index is -0.595. The van der Waals surface area contributed by atoms with Crippen molar-refractivity contribution in [3.05, 3.63) is 63.6 Å². The zero-order valence-corrected chi connectivity index (χ0v) is 19.2. The first-order valence-electron chi connectivity index (χ1n) is 9.52. The van der Waals surface area contributed by atoms with E-state index in [0.717, 1.165) is 16.9 Å². The van der Waals surface area contributed by atoms with E-state index in [-0.39, 0.29) is 24.1 Å². The number of benzene rings is 2. The molecule has 2 amide bonds. The van der Waals surface area contributed by atoms with Gasteiger partial charge in [-0.2, -0.15) is 0 Å². The lowest BCUT2D eigenvalue weighted by Crippen LogP contribution is -2.48. The fourth-order valence-electron chi connectivity index (χ4n) is 2.68. The number of hydrogen-bond donors (Lipinski definition) is 1. The SMILES string of the molecule is CCCNC(=O)C(C)N(Cc1ccc(Cl)c(Cl)c1)C(=O)CSc1ccc(C)cc1. The van der Waals surface area contributed by atoms with Gasteiger partial charge < -0.3 is 10.2 Å². The van der Waals surface area contributed by atoms with Gasteiger partial charge in [-0.1, -0.05) is 53.9 Å². The Hall–Kier alpha value is -1.69. The summed E-state index contributed by atoms with van der Waals surface area (Å²) in [4.78, 5) is 28.1. The van der Waals surface area contributed by atoms with E-state index in [1.165, 1.54) is 17.3 Å². The van der Waals surface area contributed by atoms with Gasteiger partial charge in [-0.3, -0.25) is 9.59 Å². The minimum Gasteiger partial charge on any atom is -0.354 e. The van der Waals surface area contributed by atoms with Crippen LogP contribution in [-0.2, 0) is 16.1 Å². The molecule has 0 saturated carbocycles. The maximum absolute atomic E-state index is 13.0. The number of thioether (sulfide) groups is 1. The molecule has 1 N–H and O–H groups in total. The van der Waals surface area contributed by atoms with Crippen molar-refractivity contribution in [3.63, 3.8) is 0 Å². The second-order valence-corrected chi connectivity index (χ2v) is 8.70. The van der Waals surface area contributed by atoms with Crippen molar-refractivity contribution in [1.82, 2.24) is 10.2 Å². The maximum atomic E-state index is 13.0. The summed E-state index contributed by atoms with van der Waals surface area (Å²) in [5, 5.41) is 3.75. The molecule has 2 rings (SSSR count). The van der Waals surface area contributed by atoms with Crippen molar-refractivity contribution in [2.45, 2.75) is 44.7 Å². The fourth-order valence-corrected chi connectivity index (χ4v) is 3.78. The first-order valence-corrected chi connectivity index (χ1v) is 11.3. The number of hydrogen-bond acceptors (Lipinski definition) is 3. The summed E-state index contributed by atoms with van der Waals surface area (Å²) >= 11 is 13.6. The van der Waals surface area contributed by atoms with Crippen LogP contribution >= 0.6 is 35.0 Å². The Morgan fingerprint density at radius 3 is 2.41 bits per heavy atom. The molecular formula is C22H26Cl2N2O2S. The monoisotopic (exact) mass is 452 g/mol. The van der Waals surface area contributed by atoms with Crippen molar-refractivity contribution in [1.29, 1.82) is 0 Å². The Kier molecular flexibility index (Phi) is 9.34. The predicted octanol–water partition coefficient (Wildman–Crippen LogP) is 5.34. The fraction of sp³-hybridized carbons (Fsp3) is 0.364. The molecule has 0 fully saturated rings. The van der Waals surface area contributed by atoms with E-state index in [4.69, 9.17) is 23.2 Å². The molecule has 1 unspecified atom stereocenters. The third-order valence-corrected chi connectivity index (χ3v) is 6.17. The number of amides is 2. The van der Waals surface area contributed by atoms with Gasteiger partial charge in [0, 0.05) is 18.0 Å². The van der Waals surface area contributed by atoms with Crippen molar-refractivity contribution in [2.75, 3.05) is 12.3 Å². The van der Waals surface area contributed by atoms with E-state index in [1.54, 1.807) is 24.0 Å². The molecule has 0 aromatic heterocycles. The first kappa shape index (κ1) is 23.6. The first-order chi connectivity index (χ1) is 13.8. The lowest BCUT2D eigenvalue weighted by Gasteiger charge is -2.29. The van der Waals surface area contributed by atoms with Gasteiger partial charge in [-0.25, -0.2) is 0 Å². The Morgan fingerprint density at radius 2 is 1.79 bits per heavy atom. The van der Waals surface area contributed by atoms with Crippen molar-refractivity contribution in [3.8, 4) is 0 Å². The highest BCUT2D eigenvalue weighted by atomic mass is 35.5. The van der Waals surface area contributed by atoms with Gasteiger partial charge in [0.1, 0.15) is 6.04 Å². The van der Waals surface area contributed by atoms with Crippen molar-refractivity contribution < 1.29 is 9.59 Å². The minimum absolute atomic E-state index is 0.110. The van der Waals surface area contributed by atoms with Crippen LogP contribution in [0.25, 0.3) is 0 Å². The van der Waals surface area contributed by atoms with Crippen LogP contribution in [0.2, 0.25) is 10.0 Å². The van der Waals surface area contributed by atoms with E-state index in [1.807, 2.05) is 44.2 Å². The van der Waals surface area contributed by atoms with E-state index in [0.29, 0.717) is 16.6 Å². The number of halogens is 2.